The van der Waals surface area contributed by atoms with Gasteiger partial charge in [-0.3, -0.25) is 9.59 Å². The second-order valence-electron chi connectivity index (χ2n) is 10.1. The average molecular weight is 530 g/mol. The number of nitrogens with zero attached hydrogens (tertiary/aromatic N) is 1. The molecule has 0 aromatic heterocycles. The molecule has 1 aliphatic heterocycles. The molecule has 0 spiro atoms. The summed E-state index contributed by atoms with van der Waals surface area (Å²) in [5.74, 6) is -1.13. The van der Waals surface area contributed by atoms with Crippen molar-refractivity contribution in [3.8, 4) is 11.5 Å². The number of Topliss-reactive ketones (excluding diaryl/α,β-unsaturated/α-hetero) is 1. The van der Waals surface area contributed by atoms with Crippen LogP contribution in [0.3, 0.4) is 0 Å². The number of benzene rings is 3. The number of methoxy groups -OCH3 is 2. The summed E-state index contributed by atoms with van der Waals surface area (Å²) in [5.41, 5.74) is 8.97. The van der Waals surface area contributed by atoms with E-state index >= 15 is 0 Å². The van der Waals surface area contributed by atoms with Gasteiger partial charge in [0.25, 0.3) is 0 Å². The Hall–Kier alpha value is -4.33. The van der Waals surface area contributed by atoms with Crippen molar-refractivity contribution >= 4 is 17.7 Å². The van der Waals surface area contributed by atoms with Gasteiger partial charge in [0.05, 0.1) is 26.2 Å². The van der Waals surface area contributed by atoms with E-state index < -0.39 is 35.9 Å². The molecule has 3 aromatic carbocycles. The maximum atomic E-state index is 14.4. The van der Waals surface area contributed by atoms with Crippen LogP contribution in [0.1, 0.15) is 52.9 Å². The Balaban J connectivity index is 1.96. The second-order valence-corrected chi connectivity index (χ2v) is 10.1. The molecule has 4 unspecified atom stereocenters. The van der Waals surface area contributed by atoms with Crippen molar-refractivity contribution in [3.05, 3.63) is 95.1 Å². The summed E-state index contributed by atoms with van der Waals surface area (Å²) < 4.78 is 10.6. The van der Waals surface area contributed by atoms with Crippen molar-refractivity contribution in [2.24, 2.45) is 11.7 Å². The van der Waals surface area contributed by atoms with Gasteiger partial charge in [-0.2, -0.15) is 0 Å². The summed E-state index contributed by atoms with van der Waals surface area (Å²) >= 11 is 0. The van der Waals surface area contributed by atoms with E-state index in [-0.39, 0.29) is 11.8 Å². The SMILES string of the molecule is COc1ccc(C(=O)C2C(c3ccc(OC)cc3)C(C(N)=O)N(C(=O)NC(C)C)C2c2ccc(C)cc2)cc1. The average Bonchev–Trinajstić information content (AvgIpc) is 3.29. The second kappa shape index (κ2) is 11.6. The fraction of sp³-hybridized carbons (Fsp3) is 0.323. The van der Waals surface area contributed by atoms with E-state index in [2.05, 4.69) is 5.32 Å². The van der Waals surface area contributed by atoms with Gasteiger partial charge in [0.2, 0.25) is 5.91 Å². The predicted octanol–water partition coefficient (Wildman–Crippen LogP) is 4.62. The smallest absolute Gasteiger partial charge is 0.318 e. The molecule has 3 amide bonds. The molecule has 0 radical (unpaired) electrons. The summed E-state index contributed by atoms with van der Waals surface area (Å²) in [7, 11) is 3.13. The quantitative estimate of drug-likeness (QED) is 0.414. The highest BCUT2D eigenvalue weighted by Gasteiger charge is 2.57. The Morgan fingerprint density at radius 3 is 1.82 bits per heavy atom. The van der Waals surface area contributed by atoms with Crippen LogP contribution in [-0.2, 0) is 4.79 Å². The summed E-state index contributed by atoms with van der Waals surface area (Å²) in [4.78, 5) is 42.8. The molecule has 4 rings (SSSR count). The van der Waals surface area contributed by atoms with Crippen LogP contribution in [0.4, 0.5) is 4.79 Å². The fourth-order valence-electron chi connectivity index (χ4n) is 5.40. The zero-order valence-corrected chi connectivity index (χ0v) is 22.9. The first kappa shape index (κ1) is 27.7. The lowest BCUT2D eigenvalue weighted by molar-refractivity contribution is -0.122. The number of ketones is 1. The number of urea groups is 1. The molecule has 8 nitrogen and oxygen atoms in total. The van der Waals surface area contributed by atoms with Crippen molar-refractivity contribution in [3.63, 3.8) is 0 Å². The number of likely N-dealkylation sites (tertiary alicyclic amines) is 1. The van der Waals surface area contributed by atoms with E-state index in [1.165, 1.54) is 4.90 Å². The number of carbonyl (C=O) groups excluding carboxylic acids is 3. The predicted molar refractivity (Wildman–Crippen MR) is 149 cm³/mol. The minimum absolute atomic E-state index is 0.194. The number of aryl methyl sites for hydroxylation is 1. The number of nitrogens with two attached hydrogens (primary N) is 1. The number of hydrogen-bond acceptors (Lipinski definition) is 5. The molecule has 1 aliphatic rings. The normalized spacial score (nSPS) is 20.5. The van der Waals surface area contributed by atoms with Crippen LogP contribution in [-0.4, -0.2) is 48.9 Å². The van der Waals surface area contributed by atoms with Gasteiger partial charge < -0.3 is 25.4 Å². The lowest BCUT2D eigenvalue weighted by Crippen LogP contribution is -2.51. The van der Waals surface area contributed by atoms with Crippen LogP contribution >= 0.6 is 0 Å². The molecule has 4 atom stereocenters. The molecule has 0 bridgehead atoms. The molecule has 204 valence electrons. The maximum absolute atomic E-state index is 14.4. The molecule has 3 N–H and O–H groups in total. The Morgan fingerprint density at radius 1 is 0.821 bits per heavy atom. The van der Waals surface area contributed by atoms with Gasteiger partial charge in [-0.1, -0.05) is 42.0 Å². The number of nitrogens with one attached hydrogen (secondary N) is 1. The molecular weight excluding hydrogens is 494 g/mol. The van der Waals surface area contributed by atoms with Crippen molar-refractivity contribution in [1.29, 1.82) is 0 Å². The van der Waals surface area contributed by atoms with Crippen molar-refractivity contribution in [2.45, 2.75) is 44.8 Å². The highest BCUT2D eigenvalue weighted by atomic mass is 16.5. The minimum Gasteiger partial charge on any atom is -0.497 e. The number of rotatable bonds is 8. The van der Waals surface area contributed by atoms with Crippen LogP contribution < -0.4 is 20.5 Å². The van der Waals surface area contributed by atoms with Gasteiger partial charge in [0.15, 0.2) is 5.78 Å². The molecule has 1 fully saturated rings. The van der Waals surface area contributed by atoms with Gasteiger partial charge in [-0.25, -0.2) is 4.79 Å². The van der Waals surface area contributed by atoms with E-state index in [0.29, 0.717) is 22.6 Å². The number of carbonyl (C=O) groups is 3. The number of primary amides is 1. The van der Waals surface area contributed by atoms with Crippen molar-refractivity contribution < 1.29 is 23.9 Å². The minimum atomic E-state index is -1.07. The monoisotopic (exact) mass is 529 g/mol. The van der Waals surface area contributed by atoms with Crippen LogP contribution in [0.2, 0.25) is 0 Å². The fourth-order valence-corrected chi connectivity index (χ4v) is 5.40. The van der Waals surface area contributed by atoms with E-state index in [1.807, 2.05) is 57.2 Å². The molecule has 3 aromatic rings. The third-order valence-corrected chi connectivity index (χ3v) is 7.20. The highest BCUT2D eigenvalue weighted by molar-refractivity contribution is 6.01. The van der Waals surface area contributed by atoms with Gasteiger partial charge in [0.1, 0.15) is 17.5 Å². The number of amides is 3. The molecular formula is C31H35N3O5. The van der Waals surface area contributed by atoms with E-state index in [0.717, 1.165) is 11.1 Å². The van der Waals surface area contributed by atoms with E-state index in [1.54, 1.807) is 50.6 Å². The summed E-state index contributed by atoms with van der Waals surface area (Å²) in [6.07, 6.45) is 0. The van der Waals surface area contributed by atoms with Crippen molar-refractivity contribution in [1.82, 2.24) is 10.2 Å². The highest BCUT2D eigenvalue weighted by Crippen LogP contribution is 2.51. The molecule has 39 heavy (non-hydrogen) atoms. The third-order valence-electron chi connectivity index (χ3n) is 7.20. The van der Waals surface area contributed by atoms with Gasteiger partial charge in [-0.15, -0.1) is 0 Å². The van der Waals surface area contributed by atoms with Gasteiger partial charge in [-0.05, 0) is 68.3 Å². The maximum Gasteiger partial charge on any atom is 0.318 e. The molecule has 8 heteroatoms. The Bertz CT molecular complexity index is 1320. The van der Waals surface area contributed by atoms with Crippen LogP contribution in [0.5, 0.6) is 11.5 Å². The third kappa shape index (κ3) is 5.60. The first-order valence-corrected chi connectivity index (χ1v) is 12.9. The molecule has 1 saturated heterocycles. The molecule has 0 saturated carbocycles. The Kier molecular flexibility index (Phi) is 8.24. The van der Waals surface area contributed by atoms with E-state index in [4.69, 9.17) is 15.2 Å². The lowest BCUT2D eigenvalue weighted by atomic mass is 9.76. The lowest BCUT2D eigenvalue weighted by Gasteiger charge is -2.31. The first-order valence-electron chi connectivity index (χ1n) is 12.9. The number of hydrogen-bond donors (Lipinski definition) is 2. The summed E-state index contributed by atoms with van der Waals surface area (Å²) in [6, 6.07) is 19.3. The molecule has 1 heterocycles. The first-order chi connectivity index (χ1) is 18.7. The van der Waals surface area contributed by atoms with Crippen LogP contribution in [0.15, 0.2) is 72.8 Å². The van der Waals surface area contributed by atoms with Crippen LogP contribution in [0, 0.1) is 12.8 Å². The largest absolute Gasteiger partial charge is 0.497 e. The number of ether oxygens (including phenoxy) is 2. The Labute approximate surface area is 229 Å². The van der Waals surface area contributed by atoms with Crippen LogP contribution in [0.25, 0.3) is 0 Å². The Morgan fingerprint density at radius 2 is 1.33 bits per heavy atom. The molecule has 0 aliphatic carbocycles. The van der Waals surface area contributed by atoms with Crippen molar-refractivity contribution in [2.75, 3.05) is 14.2 Å². The van der Waals surface area contributed by atoms with Gasteiger partial charge >= 0.3 is 6.03 Å². The standard InChI is InChI=1S/C31H35N3O5/c1-18(2)33-31(37)34-27(21-8-6-19(3)7-9-21)26(29(35)22-12-16-24(39-5)17-13-22)25(28(34)30(32)36)20-10-14-23(38-4)15-11-20/h6-18,25-28H,1-5H3,(H2,32,36)(H,33,37). The zero-order valence-electron chi connectivity index (χ0n) is 22.9. The summed E-state index contributed by atoms with van der Waals surface area (Å²) in [6.45, 7) is 5.65. The topological polar surface area (TPSA) is 111 Å². The zero-order chi connectivity index (χ0) is 28.3. The van der Waals surface area contributed by atoms with E-state index in [9.17, 15) is 14.4 Å². The van der Waals surface area contributed by atoms with Gasteiger partial charge in [0, 0.05) is 17.5 Å². The summed E-state index contributed by atoms with van der Waals surface area (Å²) in [5, 5.41) is 2.92.